The summed E-state index contributed by atoms with van der Waals surface area (Å²) in [5, 5.41) is 5.08. The largest absolute Gasteiger partial charge is 0.366 e. The van der Waals surface area contributed by atoms with Gasteiger partial charge in [-0.3, -0.25) is 9.59 Å². The molecule has 144 valence electrons. The van der Waals surface area contributed by atoms with Gasteiger partial charge in [0.25, 0.3) is 5.91 Å². The summed E-state index contributed by atoms with van der Waals surface area (Å²) < 4.78 is 15.6. The maximum Gasteiger partial charge on any atom is 0.251 e. The summed E-state index contributed by atoms with van der Waals surface area (Å²) in [7, 11) is 0. The van der Waals surface area contributed by atoms with Crippen LogP contribution in [0.5, 0.6) is 0 Å². The van der Waals surface area contributed by atoms with Gasteiger partial charge >= 0.3 is 0 Å². The average molecular weight is 400 g/mol. The first-order valence-corrected chi connectivity index (χ1v) is 9.12. The van der Waals surface area contributed by atoms with E-state index >= 15 is 0 Å². The molecular formula is C21H19ClFN3O2. The number of hydrogen-bond donors (Lipinski definition) is 1. The highest BCUT2D eigenvalue weighted by Gasteiger charge is 2.13. The fourth-order valence-electron chi connectivity index (χ4n) is 3.01. The van der Waals surface area contributed by atoms with Crippen LogP contribution in [0.2, 0.25) is 5.02 Å². The van der Waals surface area contributed by atoms with E-state index in [1.165, 1.54) is 12.1 Å². The van der Waals surface area contributed by atoms with E-state index in [4.69, 9.17) is 17.3 Å². The van der Waals surface area contributed by atoms with Gasteiger partial charge in [-0.2, -0.15) is 5.10 Å². The zero-order chi connectivity index (χ0) is 20.3. The van der Waals surface area contributed by atoms with Crippen LogP contribution in [-0.2, 0) is 17.6 Å². The van der Waals surface area contributed by atoms with Crippen LogP contribution in [0.4, 0.5) is 4.39 Å². The number of rotatable bonds is 7. The lowest BCUT2D eigenvalue weighted by molar-refractivity contribution is -0.118. The van der Waals surface area contributed by atoms with Gasteiger partial charge in [0.15, 0.2) is 0 Å². The smallest absolute Gasteiger partial charge is 0.251 e. The molecule has 0 unspecified atom stereocenters. The number of hydrogen-bond acceptors (Lipinski definition) is 3. The van der Waals surface area contributed by atoms with Gasteiger partial charge in [-0.15, -0.1) is 0 Å². The van der Waals surface area contributed by atoms with E-state index in [0.29, 0.717) is 17.0 Å². The summed E-state index contributed by atoms with van der Waals surface area (Å²) in [6.45, 7) is 1.88. The second kappa shape index (κ2) is 8.35. The molecule has 3 rings (SSSR count). The Morgan fingerprint density at radius 3 is 2.64 bits per heavy atom. The highest BCUT2D eigenvalue weighted by Crippen LogP contribution is 2.19. The minimum Gasteiger partial charge on any atom is -0.366 e. The van der Waals surface area contributed by atoms with Gasteiger partial charge in [-0.25, -0.2) is 9.07 Å². The summed E-state index contributed by atoms with van der Waals surface area (Å²) in [6, 6.07) is 13.3. The third-order valence-corrected chi connectivity index (χ3v) is 4.55. The highest BCUT2D eigenvalue weighted by atomic mass is 35.5. The SMILES string of the molecule is Cc1cc(CCC(=O)Cc2ccc(C(N)=O)c(F)c2)n(-c2cccc(Cl)c2)n1. The highest BCUT2D eigenvalue weighted by molar-refractivity contribution is 6.30. The standard InChI is InChI=1S/C21H19ClFN3O2/c1-13-9-17(26(25-13)16-4-2-3-15(22)12-16)6-7-18(27)10-14-5-8-19(21(24)28)20(23)11-14/h2-5,8-9,11-12H,6-7,10H2,1H3,(H2,24,28). The Bertz CT molecular complexity index is 1050. The lowest BCUT2D eigenvalue weighted by Crippen LogP contribution is -2.14. The topological polar surface area (TPSA) is 78.0 Å². The first-order chi connectivity index (χ1) is 13.3. The van der Waals surface area contributed by atoms with Crippen molar-refractivity contribution < 1.29 is 14.0 Å². The van der Waals surface area contributed by atoms with Crippen molar-refractivity contribution >= 4 is 23.3 Å². The predicted octanol–water partition coefficient (Wildman–Crippen LogP) is 3.82. The molecule has 0 atom stereocenters. The molecule has 0 fully saturated rings. The molecule has 0 bridgehead atoms. The zero-order valence-corrected chi connectivity index (χ0v) is 16.0. The van der Waals surface area contributed by atoms with Gasteiger partial charge in [-0.1, -0.05) is 23.7 Å². The first-order valence-electron chi connectivity index (χ1n) is 8.75. The van der Waals surface area contributed by atoms with Gasteiger partial charge in [0.1, 0.15) is 11.6 Å². The molecule has 28 heavy (non-hydrogen) atoms. The number of primary amides is 1. The van der Waals surface area contributed by atoms with E-state index in [1.807, 2.05) is 31.2 Å². The van der Waals surface area contributed by atoms with Gasteiger partial charge in [0.05, 0.1) is 16.9 Å². The number of amides is 1. The molecule has 1 aromatic heterocycles. The minimum absolute atomic E-state index is 0.0391. The minimum atomic E-state index is -0.833. The van der Waals surface area contributed by atoms with Gasteiger partial charge in [0.2, 0.25) is 0 Å². The fraction of sp³-hybridized carbons (Fsp3) is 0.190. The molecule has 0 spiro atoms. The van der Waals surface area contributed by atoms with Crippen LogP contribution >= 0.6 is 11.6 Å². The molecular weight excluding hydrogens is 381 g/mol. The summed E-state index contributed by atoms with van der Waals surface area (Å²) in [6.07, 6.45) is 0.860. The van der Waals surface area contributed by atoms with Crippen LogP contribution in [0.25, 0.3) is 5.69 Å². The number of aromatic nitrogens is 2. The molecule has 2 N–H and O–H groups in total. The van der Waals surface area contributed by atoms with Crippen molar-refractivity contribution in [2.75, 3.05) is 0 Å². The summed E-state index contributed by atoms with van der Waals surface area (Å²) in [5.41, 5.74) is 7.97. The summed E-state index contributed by atoms with van der Waals surface area (Å²) in [5.74, 6) is -1.59. The average Bonchev–Trinajstić information content (AvgIpc) is 3.00. The van der Waals surface area contributed by atoms with Crippen molar-refractivity contribution in [1.82, 2.24) is 9.78 Å². The molecule has 0 aliphatic carbocycles. The van der Waals surface area contributed by atoms with Crippen LogP contribution in [0, 0.1) is 12.7 Å². The predicted molar refractivity (Wildman–Crippen MR) is 105 cm³/mol. The maximum absolute atomic E-state index is 13.8. The molecule has 3 aromatic rings. The molecule has 1 amide bonds. The van der Waals surface area contributed by atoms with Crippen LogP contribution in [0.1, 0.15) is 33.7 Å². The second-order valence-electron chi connectivity index (χ2n) is 6.56. The van der Waals surface area contributed by atoms with Crippen molar-refractivity contribution in [3.63, 3.8) is 0 Å². The lowest BCUT2D eigenvalue weighted by atomic mass is 10.0. The molecule has 0 aliphatic rings. The molecule has 0 saturated heterocycles. The Kier molecular flexibility index (Phi) is 5.90. The Labute approximate surface area is 166 Å². The van der Waals surface area contributed by atoms with E-state index in [0.717, 1.165) is 17.1 Å². The molecule has 0 radical (unpaired) electrons. The van der Waals surface area contributed by atoms with E-state index in [-0.39, 0.29) is 24.2 Å². The van der Waals surface area contributed by atoms with Crippen LogP contribution in [0.3, 0.4) is 0 Å². The van der Waals surface area contributed by atoms with Crippen molar-refractivity contribution in [3.8, 4) is 5.69 Å². The number of ketones is 1. The van der Waals surface area contributed by atoms with E-state index in [2.05, 4.69) is 5.10 Å². The number of halogens is 2. The first kappa shape index (κ1) is 19.8. The van der Waals surface area contributed by atoms with Gasteiger partial charge < -0.3 is 5.73 Å². The molecule has 5 nitrogen and oxygen atoms in total. The molecule has 2 aromatic carbocycles. The quantitative estimate of drug-likeness (QED) is 0.656. The summed E-state index contributed by atoms with van der Waals surface area (Å²) in [4.78, 5) is 23.4. The Balaban J connectivity index is 1.69. The van der Waals surface area contributed by atoms with Crippen molar-refractivity contribution in [2.45, 2.75) is 26.2 Å². The van der Waals surface area contributed by atoms with E-state index < -0.39 is 11.7 Å². The van der Waals surface area contributed by atoms with E-state index in [1.54, 1.807) is 16.8 Å². The normalized spacial score (nSPS) is 10.8. The zero-order valence-electron chi connectivity index (χ0n) is 15.3. The fourth-order valence-corrected chi connectivity index (χ4v) is 3.20. The van der Waals surface area contributed by atoms with Crippen molar-refractivity contribution in [2.24, 2.45) is 5.73 Å². The monoisotopic (exact) mass is 399 g/mol. The van der Waals surface area contributed by atoms with Gasteiger partial charge in [0, 0.05) is 23.6 Å². The Hall–Kier alpha value is -2.99. The number of carbonyl (C=O) groups excluding carboxylic acids is 2. The van der Waals surface area contributed by atoms with Gasteiger partial charge in [-0.05, 0) is 55.3 Å². The van der Waals surface area contributed by atoms with Crippen molar-refractivity contribution in [3.05, 3.63) is 81.9 Å². The molecule has 1 heterocycles. The number of nitrogens with two attached hydrogens (primary N) is 1. The number of Topliss-reactive ketones (excluding diaryl/α,β-unsaturated/α-hetero) is 1. The van der Waals surface area contributed by atoms with Crippen molar-refractivity contribution in [1.29, 1.82) is 0 Å². The molecule has 0 aliphatic heterocycles. The summed E-state index contributed by atoms with van der Waals surface area (Å²) >= 11 is 6.06. The maximum atomic E-state index is 13.8. The number of carbonyl (C=O) groups is 2. The number of aryl methyl sites for hydroxylation is 2. The Morgan fingerprint density at radius 2 is 1.96 bits per heavy atom. The Morgan fingerprint density at radius 1 is 1.18 bits per heavy atom. The van der Waals surface area contributed by atoms with Crippen LogP contribution in [0.15, 0.2) is 48.5 Å². The van der Waals surface area contributed by atoms with E-state index in [9.17, 15) is 14.0 Å². The third-order valence-electron chi connectivity index (χ3n) is 4.32. The molecule has 7 heteroatoms. The van der Waals surface area contributed by atoms with Crippen LogP contribution < -0.4 is 5.73 Å². The third kappa shape index (κ3) is 4.64. The lowest BCUT2D eigenvalue weighted by Gasteiger charge is -2.08. The number of nitrogens with zero attached hydrogens (tertiary/aromatic N) is 2. The second-order valence-corrected chi connectivity index (χ2v) is 7.00. The number of benzene rings is 2. The molecule has 0 saturated carbocycles. The van der Waals surface area contributed by atoms with Crippen LogP contribution in [-0.4, -0.2) is 21.5 Å².